The van der Waals surface area contributed by atoms with Gasteiger partial charge in [0.05, 0.1) is 7.11 Å². The molecule has 0 aliphatic rings. The van der Waals surface area contributed by atoms with Gasteiger partial charge in [-0.1, -0.05) is 15.9 Å². The molecule has 0 aliphatic heterocycles. The highest BCUT2D eigenvalue weighted by Crippen LogP contribution is 2.23. The first-order valence-corrected chi connectivity index (χ1v) is 6.05. The second-order valence-electron chi connectivity index (χ2n) is 4.18. The Morgan fingerprint density at radius 1 is 1.44 bits per heavy atom. The van der Waals surface area contributed by atoms with Gasteiger partial charge < -0.3 is 15.4 Å². The summed E-state index contributed by atoms with van der Waals surface area (Å²) in [5.74, 6) is 0.900. The molecule has 0 aliphatic carbocycles. The number of hydrogen-bond acceptors (Lipinski definition) is 3. The standard InChI is InChI=1S/C12H19BrN2O/c1-15(2)8-11(14)7-9-6-10(13)4-5-12(9)16-3/h4-6,11H,7-8,14H2,1-3H3. The number of nitrogens with zero attached hydrogens (tertiary/aromatic N) is 1. The first kappa shape index (κ1) is 13.5. The van der Waals surface area contributed by atoms with Crippen molar-refractivity contribution < 1.29 is 4.74 Å². The normalized spacial score (nSPS) is 12.9. The van der Waals surface area contributed by atoms with Gasteiger partial charge in [-0.05, 0) is 44.3 Å². The van der Waals surface area contributed by atoms with E-state index in [9.17, 15) is 0 Å². The summed E-state index contributed by atoms with van der Waals surface area (Å²) in [6.07, 6.45) is 0.820. The Labute approximate surface area is 106 Å². The van der Waals surface area contributed by atoms with E-state index in [4.69, 9.17) is 10.5 Å². The second-order valence-corrected chi connectivity index (χ2v) is 5.10. The van der Waals surface area contributed by atoms with Crippen LogP contribution in [0.25, 0.3) is 0 Å². The molecule has 1 rings (SSSR count). The maximum Gasteiger partial charge on any atom is 0.122 e. The summed E-state index contributed by atoms with van der Waals surface area (Å²) in [5, 5.41) is 0. The van der Waals surface area contributed by atoms with Crippen molar-refractivity contribution in [2.24, 2.45) is 5.73 Å². The van der Waals surface area contributed by atoms with Crippen molar-refractivity contribution in [2.45, 2.75) is 12.5 Å². The highest BCUT2D eigenvalue weighted by Gasteiger charge is 2.10. The Hall–Kier alpha value is -0.580. The van der Waals surface area contributed by atoms with Crippen molar-refractivity contribution >= 4 is 15.9 Å². The summed E-state index contributed by atoms with van der Waals surface area (Å²) < 4.78 is 6.37. The minimum atomic E-state index is 0.123. The van der Waals surface area contributed by atoms with Gasteiger partial charge in [0.1, 0.15) is 5.75 Å². The van der Waals surface area contributed by atoms with E-state index in [0.717, 1.165) is 28.8 Å². The van der Waals surface area contributed by atoms with Crippen LogP contribution >= 0.6 is 15.9 Å². The molecule has 1 atom stereocenters. The third-order valence-corrected chi connectivity index (χ3v) is 2.82. The van der Waals surface area contributed by atoms with E-state index >= 15 is 0 Å². The molecule has 16 heavy (non-hydrogen) atoms. The summed E-state index contributed by atoms with van der Waals surface area (Å²) in [4.78, 5) is 2.09. The molecule has 0 spiro atoms. The topological polar surface area (TPSA) is 38.5 Å². The molecule has 0 aromatic heterocycles. The molecule has 0 bridgehead atoms. The Morgan fingerprint density at radius 3 is 2.69 bits per heavy atom. The van der Waals surface area contributed by atoms with Gasteiger partial charge in [0.25, 0.3) is 0 Å². The fourth-order valence-electron chi connectivity index (χ4n) is 1.72. The van der Waals surface area contributed by atoms with Crippen molar-refractivity contribution in [2.75, 3.05) is 27.7 Å². The van der Waals surface area contributed by atoms with Crippen molar-refractivity contribution in [3.8, 4) is 5.75 Å². The molecule has 3 nitrogen and oxygen atoms in total. The number of hydrogen-bond donors (Lipinski definition) is 1. The highest BCUT2D eigenvalue weighted by atomic mass is 79.9. The van der Waals surface area contributed by atoms with Crippen LogP contribution in [0, 0.1) is 0 Å². The lowest BCUT2D eigenvalue weighted by molar-refractivity contribution is 0.366. The maximum atomic E-state index is 6.07. The number of halogens is 1. The first-order valence-electron chi connectivity index (χ1n) is 5.25. The van der Waals surface area contributed by atoms with E-state index < -0.39 is 0 Å². The second kappa shape index (κ2) is 6.23. The lowest BCUT2D eigenvalue weighted by atomic mass is 10.1. The monoisotopic (exact) mass is 286 g/mol. The van der Waals surface area contributed by atoms with Crippen LogP contribution < -0.4 is 10.5 Å². The largest absolute Gasteiger partial charge is 0.496 e. The predicted molar refractivity (Wildman–Crippen MR) is 70.9 cm³/mol. The molecule has 4 heteroatoms. The molecule has 1 aromatic rings. The van der Waals surface area contributed by atoms with E-state index in [0.29, 0.717) is 0 Å². The first-order chi connectivity index (χ1) is 7.52. The van der Waals surface area contributed by atoms with E-state index in [1.54, 1.807) is 7.11 Å². The Morgan fingerprint density at radius 2 is 2.12 bits per heavy atom. The SMILES string of the molecule is COc1ccc(Br)cc1CC(N)CN(C)C. The van der Waals surface area contributed by atoms with Crippen LogP contribution in [0.5, 0.6) is 5.75 Å². The quantitative estimate of drug-likeness (QED) is 0.898. The van der Waals surface area contributed by atoms with E-state index in [2.05, 4.69) is 26.9 Å². The third-order valence-electron chi connectivity index (χ3n) is 2.32. The van der Waals surface area contributed by atoms with Crippen LogP contribution in [0.1, 0.15) is 5.56 Å². The molecule has 0 fully saturated rings. The number of likely N-dealkylation sites (N-methyl/N-ethyl adjacent to an activating group) is 1. The van der Waals surface area contributed by atoms with Crippen molar-refractivity contribution in [1.29, 1.82) is 0 Å². The molecule has 0 saturated carbocycles. The van der Waals surface area contributed by atoms with Crippen LogP contribution in [0.4, 0.5) is 0 Å². The summed E-state index contributed by atoms with van der Waals surface area (Å²) in [5.41, 5.74) is 7.21. The molecule has 90 valence electrons. The average Bonchev–Trinajstić information content (AvgIpc) is 2.16. The number of nitrogens with two attached hydrogens (primary N) is 1. The van der Waals surface area contributed by atoms with Crippen LogP contribution in [-0.4, -0.2) is 38.7 Å². The molecule has 1 unspecified atom stereocenters. The van der Waals surface area contributed by atoms with E-state index in [-0.39, 0.29) is 6.04 Å². The predicted octanol–water partition coefficient (Wildman–Crippen LogP) is 1.89. The average molecular weight is 287 g/mol. The molecule has 0 amide bonds. The lowest BCUT2D eigenvalue weighted by Crippen LogP contribution is -2.35. The zero-order valence-electron chi connectivity index (χ0n) is 10.0. The zero-order valence-corrected chi connectivity index (χ0v) is 11.6. The molecular formula is C12H19BrN2O. The van der Waals surface area contributed by atoms with Gasteiger partial charge in [0, 0.05) is 17.1 Å². The van der Waals surface area contributed by atoms with Crippen LogP contribution in [0.3, 0.4) is 0 Å². The summed E-state index contributed by atoms with van der Waals surface area (Å²) in [7, 11) is 5.74. The highest BCUT2D eigenvalue weighted by molar-refractivity contribution is 9.10. The summed E-state index contributed by atoms with van der Waals surface area (Å²) in [6.45, 7) is 0.871. The number of rotatable bonds is 5. The van der Waals surface area contributed by atoms with Gasteiger partial charge in [0.15, 0.2) is 0 Å². The van der Waals surface area contributed by atoms with Gasteiger partial charge >= 0.3 is 0 Å². The molecule has 2 N–H and O–H groups in total. The molecule has 0 heterocycles. The Bertz CT molecular complexity index is 342. The smallest absolute Gasteiger partial charge is 0.122 e. The van der Waals surface area contributed by atoms with Gasteiger partial charge in [-0.25, -0.2) is 0 Å². The third kappa shape index (κ3) is 4.12. The van der Waals surface area contributed by atoms with Crippen LogP contribution in [0.15, 0.2) is 22.7 Å². The van der Waals surface area contributed by atoms with Gasteiger partial charge in [-0.15, -0.1) is 0 Å². The number of ether oxygens (including phenoxy) is 1. The van der Waals surface area contributed by atoms with E-state index in [1.807, 2.05) is 26.2 Å². The number of methoxy groups -OCH3 is 1. The minimum Gasteiger partial charge on any atom is -0.496 e. The maximum absolute atomic E-state index is 6.07. The fraction of sp³-hybridized carbons (Fsp3) is 0.500. The van der Waals surface area contributed by atoms with Crippen molar-refractivity contribution in [3.63, 3.8) is 0 Å². The zero-order chi connectivity index (χ0) is 12.1. The number of benzene rings is 1. The van der Waals surface area contributed by atoms with Gasteiger partial charge in [0.2, 0.25) is 0 Å². The summed E-state index contributed by atoms with van der Waals surface area (Å²) >= 11 is 3.46. The molecular weight excluding hydrogens is 268 g/mol. The van der Waals surface area contributed by atoms with Crippen LogP contribution in [-0.2, 0) is 6.42 Å². The van der Waals surface area contributed by atoms with Crippen molar-refractivity contribution in [1.82, 2.24) is 4.90 Å². The molecule has 0 radical (unpaired) electrons. The van der Waals surface area contributed by atoms with Crippen molar-refractivity contribution in [3.05, 3.63) is 28.2 Å². The molecule has 0 saturated heterocycles. The van der Waals surface area contributed by atoms with E-state index in [1.165, 1.54) is 0 Å². The Kier molecular flexibility index (Phi) is 5.25. The minimum absolute atomic E-state index is 0.123. The Balaban J connectivity index is 2.74. The van der Waals surface area contributed by atoms with Crippen LogP contribution in [0.2, 0.25) is 0 Å². The fourth-order valence-corrected chi connectivity index (χ4v) is 2.13. The molecule has 1 aromatic carbocycles. The summed E-state index contributed by atoms with van der Waals surface area (Å²) in [6, 6.07) is 6.12. The van der Waals surface area contributed by atoms with Gasteiger partial charge in [-0.3, -0.25) is 0 Å². The van der Waals surface area contributed by atoms with Gasteiger partial charge in [-0.2, -0.15) is 0 Å². The lowest BCUT2D eigenvalue weighted by Gasteiger charge is -2.18.